The molecule has 1 aliphatic heterocycles. The summed E-state index contributed by atoms with van der Waals surface area (Å²) in [6, 6.07) is 9.23. The van der Waals surface area contributed by atoms with Crippen molar-refractivity contribution < 1.29 is 14.3 Å². The van der Waals surface area contributed by atoms with Gasteiger partial charge in [-0.25, -0.2) is 14.8 Å². The van der Waals surface area contributed by atoms with Crippen LogP contribution in [0.3, 0.4) is 0 Å². The summed E-state index contributed by atoms with van der Waals surface area (Å²) < 4.78 is 5.47. The minimum atomic E-state index is -0.514. The summed E-state index contributed by atoms with van der Waals surface area (Å²) in [5.74, 6) is 0.489. The largest absolute Gasteiger partial charge is 0.444 e. The number of fused-ring (bicyclic) bond motifs is 1. The quantitative estimate of drug-likeness (QED) is 0.554. The van der Waals surface area contributed by atoms with E-state index in [0.717, 1.165) is 22.3 Å². The summed E-state index contributed by atoms with van der Waals surface area (Å²) >= 11 is 0. The lowest BCUT2D eigenvalue weighted by Crippen LogP contribution is -2.39. The Morgan fingerprint density at radius 1 is 1.18 bits per heavy atom. The molecule has 1 aliphatic rings. The summed E-state index contributed by atoms with van der Waals surface area (Å²) in [4.78, 5) is 38.1. The van der Waals surface area contributed by atoms with Crippen molar-refractivity contribution in [3.63, 3.8) is 0 Å². The number of amides is 2. The lowest BCUT2D eigenvalue weighted by atomic mass is 10.1. The van der Waals surface area contributed by atoms with E-state index in [1.54, 1.807) is 24.1 Å². The van der Waals surface area contributed by atoms with Gasteiger partial charge in [0.1, 0.15) is 23.4 Å². The first-order valence-corrected chi connectivity index (χ1v) is 10.8. The number of hydrogen-bond acceptors (Lipinski definition) is 6. The van der Waals surface area contributed by atoms with Crippen LogP contribution in [0.1, 0.15) is 43.2 Å². The van der Waals surface area contributed by atoms with Gasteiger partial charge < -0.3 is 25.3 Å². The zero-order valence-electron chi connectivity index (χ0n) is 19.2. The van der Waals surface area contributed by atoms with E-state index >= 15 is 0 Å². The van der Waals surface area contributed by atoms with Crippen LogP contribution in [-0.4, -0.2) is 57.6 Å². The number of aromatic amines is 1. The van der Waals surface area contributed by atoms with Crippen molar-refractivity contribution in [3.8, 4) is 0 Å². The molecule has 9 nitrogen and oxygen atoms in total. The van der Waals surface area contributed by atoms with E-state index in [1.807, 2.05) is 45.0 Å². The second kappa shape index (κ2) is 8.93. The topological polar surface area (TPSA) is 112 Å². The molecule has 2 amide bonds. The lowest BCUT2D eigenvalue weighted by molar-refractivity contribution is 0.0270. The Bertz CT molecular complexity index is 1220. The molecule has 0 saturated carbocycles. The molecule has 3 heterocycles. The van der Waals surface area contributed by atoms with Gasteiger partial charge in [-0.15, -0.1) is 0 Å². The Hall–Kier alpha value is -3.88. The van der Waals surface area contributed by atoms with Gasteiger partial charge in [0.2, 0.25) is 0 Å². The normalized spacial score (nSPS) is 14.1. The summed E-state index contributed by atoms with van der Waals surface area (Å²) in [6.07, 6.45) is 3.93. The number of hydrogen-bond donors (Lipinski definition) is 3. The van der Waals surface area contributed by atoms with Crippen LogP contribution in [0.25, 0.3) is 16.6 Å². The maximum atomic E-state index is 12.3. The first kappa shape index (κ1) is 22.3. The van der Waals surface area contributed by atoms with Crippen LogP contribution in [0, 0.1) is 0 Å². The van der Waals surface area contributed by atoms with E-state index in [0.29, 0.717) is 36.5 Å². The van der Waals surface area contributed by atoms with Crippen LogP contribution in [0.4, 0.5) is 16.3 Å². The maximum absolute atomic E-state index is 12.3. The molecule has 0 fully saturated rings. The Morgan fingerprint density at radius 2 is 2.00 bits per heavy atom. The van der Waals surface area contributed by atoms with Gasteiger partial charge in [-0.2, -0.15) is 0 Å². The fraction of sp³-hybridized carbons (Fsp3) is 0.333. The minimum absolute atomic E-state index is 0.153. The Balaban J connectivity index is 1.54. The number of anilines is 2. The van der Waals surface area contributed by atoms with Gasteiger partial charge in [-0.05, 0) is 57.0 Å². The number of ether oxygens (including phenoxy) is 1. The third-order valence-corrected chi connectivity index (χ3v) is 5.25. The monoisotopic (exact) mass is 448 g/mol. The van der Waals surface area contributed by atoms with Crippen LogP contribution in [0.5, 0.6) is 0 Å². The summed E-state index contributed by atoms with van der Waals surface area (Å²) in [7, 11) is 1.60. The molecule has 0 unspecified atom stereocenters. The standard InChI is InChI=1S/C24H28N6O3/c1-24(2,3)33-23(32)30-10-8-15(9-11-30)19-13-18-20(26-14-27-21(18)29-19)28-17-7-5-6-16(12-17)22(31)25-4/h5-8,12-14H,9-11H2,1-4H3,(H,25,31)(H2,26,27,28,29). The van der Waals surface area contributed by atoms with Crippen LogP contribution in [-0.2, 0) is 4.74 Å². The average molecular weight is 449 g/mol. The molecule has 3 aromatic rings. The van der Waals surface area contributed by atoms with Crippen LogP contribution < -0.4 is 10.6 Å². The number of nitrogens with zero attached hydrogens (tertiary/aromatic N) is 3. The second-order valence-electron chi connectivity index (χ2n) is 8.86. The van der Waals surface area contributed by atoms with Crippen molar-refractivity contribution in [3.05, 3.63) is 54.0 Å². The molecule has 2 aromatic heterocycles. The van der Waals surface area contributed by atoms with E-state index in [-0.39, 0.29) is 12.0 Å². The third-order valence-electron chi connectivity index (χ3n) is 5.25. The van der Waals surface area contributed by atoms with Gasteiger partial charge in [0.15, 0.2) is 0 Å². The number of benzene rings is 1. The second-order valence-corrected chi connectivity index (χ2v) is 8.86. The van der Waals surface area contributed by atoms with Gasteiger partial charge in [0.25, 0.3) is 5.91 Å². The molecule has 4 rings (SSSR count). The Labute approximate surface area is 192 Å². The number of H-pyrrole nitrogens is 1. The predicted octanol–water partition coefficient (Wildman–Crippen LogP) is 4.09. The number of nitrogens with one attached hydrogen (secondary N) is 3. The molecule has 0 saturated heterocycles. The van der Waals surface area contributed by atoms with Crippen LogP contribution >= 0.6 is 0 Å². The molecule has 172 valence electrons. The number of rotatable bonds is 4. The molecule has 0 aliphatic carbocycles. The first-order valence-electron chi connectivity index (χ1n) is 10.8. The average Bonchev–Trinajstić information content (AvgIpc) is 3.23. The van der Waals surface area contributed by atoms with Gasteiger partial charge in [-0.1, -0.05) is 12.1 Å². The van der Waals surface area contributed by atoms with Gasteiger partial charge >= 0.3 is 6.09 Å². The Kier molecular flexibility index (Phi) is 6.04. The molecule has 0 spiro atoms. The number of carbonyl (C=O) groups excluding carboxylic acids is 2. The molecule has 33 heavy (non-hydrogen) atoms. The van der Waals surface area contributed by atoms with Crippen molar-refractivity contribution in [2.45, 2.75) is 32.8 Å². The van der Waals surface area contributed by atoms with Gasteiger partial charge in [-0.3, -0.25) is 4.79 Å². The fourth-order valence-corrected chi connectivity index (χ4v) is 3.64. The van der Waals surface area contributed by atoms with E-state index in [1.165, 1.54) is 6.33 Å². The van der Waals surface area contributed by atoms with Gasteiger partial charge in [0, 0.05) is 37.1 Å². The van der Waals surface area contributed by atoms with Crippen molar-refractivity contribution in [2.24, 2.45) is 0 Å². The van der Waals surface area contributed by atoms with E-state index < -0.39 is 5.60 Å². The molecular weight excluding hydrogens is 420 g/mol. The highest BCUT2D eigenvalue weighted by Crippen LogP contribution is 2.29. The van der Waals surface area contributed by atoms with E-state index in [2.05, 4.69) is 25.6 Å². The van der Waals surface area contributed by atoms with E-state index in [4.69, 9.17) is 4.74 Å². The highest BCUT2D eigenvalue weighted by atomic mass is 16.6. The highest BCUT2D eigenvalue weighted by molar-refractivity contribution is 5.96. The molecule has 0 radical (unpaired) electrons. The molecular formula is C24H28N6O3. The molecule has 0 atom stereocenters. The minimum Gasteiger partial charge on any atom is -0.444 e. The van der Waals surface area contributed by atoms with Crippen LogP contribution in [0.15, 0.2) is 42.7 Å². The summed E-state index contributed by atoms with van der Waals surface area (Å²) in [5, 5.41) is 6.75. The third kappa shape index (κ3) is 5.14. The predicted molar refractivity (Wildman–Crippen MR) is 127 cm³/mol. The highest BCUT2D eigenvalue weighted by Gasteiger charge is 2.24. The number of carbonyl (C=O) groups is 2. The smallest absolute Gasteiger partial charge is 0.410 e. The van der Waals surface area contributed by atoms with Crippen molar-refractivity contribution >= 4 is 40.1 Å². The molecule has 9 heteroatoms. The van der Waals surface area contributed by atoms with E-state index in [9.17, 15) is 9.59 Å². The first-order chi connectivity index (χ1) is 15.7. The summed E-state index contributed by atoms with van der Waals surface area (Å²) in [5.41, 5.74) is 3.56. The van der Waals surface area contributed by atoms with Crippen molar-refractivity contribution in [1.29, 1.82) is 0 Å². The summed E-state index contributed by atoms with van der Waals surface area (Å²) in [6.45, 7) is 6.66. The molecule has 1 aromatic carbocycles. The lowest BCUT2D eigenvalue weighted by Gasteiger charge is -2.29. The number of aromatic nitrogens is 3. The zero-order chi connectivity index (χ0) is 23.6. The molecule has 0 bridgehead atoms. The van der Waals surface area contributed by atoms with Crippen molar-refractivity contribution in [2.75, 3.05) is 25.5 Å². The maximum Gasteiger partial charge on any atom is 0.410 e. The van der Waals surface area contributed by atoms with Gasteiger partial charge in [0.05, 0.1) is 5.39 Å². The molecule has 3 N–H and O–H groups in total. The zero-order valence-corrected chi connectivity index (χ0v) is 19.2. The fourth-order valence-electron chi connectivity index (χ4n) is 3.64. The van der Waals surface area contributed by atoms with Crippen LogP contribution in [0.2, 0.25) is 0 Å². The van der Waals surface area contributed by atoms with Crippen molar-refractivity contribution in [1.82, 2.24) is 25.2 Å². The SMILES string of the molecule is CNC(=O)c1cccc(Nc2ncnc3[nH]c(C4=CCN(C(=O)OC(C)(C)C)CC4)cc23)c1. The Morgan fingerprint density at radius 3 is 2.70 bits per heavy atom.